The highest BCUT2D eigenvalue weighted by molar-refractivity contribution is 7.89. The highest BCUT2D eigenvalue weighted by Crippen LogP contribution is 2.29. The number of nitrogens with one attached hydrogen (secondary N) is 1. The van der Waals surface area contributed by atoms with Crippen LogP contribution in [0.3, 0.4) is 0 Å². The zero-order valence-corrected chi connectivity index (χ0v) is 11.9. The molecule has 0 heterocycles. The zero-order valence-electron chi connectivity index (χ0n) is 11.1. The quantitative estimate of drug-likeness (QED) is 0.930. The smallest absolute Gasteiger partial charge is 0.241 e. The molecule has 0 aromatic heterocycles. The highest BCUT2D eigenvalue weighted by atomic mass is 32.2. The predicted molar refractivity (Wildman–Crippen MR) is 78.8 cm³/mol. The number of hydrogen-bond donors (Lipinski definition) is 1. The SMILES string of the molecule is [CH2]CNS(=O)(=O)c1cccc2c(N(C)C)cccc12. The maximum atomic E-state index is 12.2. The lowest BCUT2D eigenvalue weighted by Crippen LogP contribution is -2.23. The summed E-state index contributed by atoms with van der Waals surface area (Å²) < 4.78 is 26.8. The minimum absolute atomic E-state index is 0.131. The molecule has 2 rings (SSSR count). The molecule has 0 amide bonds. The van der Waals surface area contributed by atoms with Crippen LogP contribution in [0.4, 0.5) is 5.69 Å². The average molecular weight is 277 g/mol. The van der Waals surface area contributed by atoms with Gasteiger partial charge in [0.2, 0.25) is 10.0 Å². The number of sulfonamides is 1. The van der Waals surface area contributed by atoms with Crippen molar-refractivity contribution in [3.8, 4) is 0 Å². The number of benzene rings is 2. The molecule has 2 aromatic rings. The largest absolute Gasteiger partial charge is 0.377 e. The van der Waals surface area contributed by atoms with Crippen LogP contribution in [0.15, 0.2) is 41.3 Å². The van der Waals surface area contributed by atoms with Gasteiger partial charge in [-0.2, -0.15) is 0 Å². The van der Waals surface area contributed by atoms with Gasteiger partial charge in [0.05, 0.1) is 4.90 Å². The van der Waals surface area contributed by atoms with Crippen LogP contribution < -0.4 is 9.62 Å². The van der Waals surface area contributed by atoms with Crippen molar-refractivity contribution >= 4 is 26.5 Å². The molecule has 0 fully saturated rings. The summed E-state index contributed by atoms with van der Waals surface area (Å²) in [7, 11) is 0.359. The summed E-state index contributed by atoms with van der Waals surface area (Å²) in [5.74, 6) is 0. The molecule has 0 aliphatic rings. The van der Waals surface area contributed by atoms with Crippen molar-refractivity contribution in [1.29, 1.82) is 0 Å². The molecule has 2 aromatic carbocycles. The third kappa shape index (κ3) is 2.57. The van der Waals surface area contributed by atoms with Gasteiger partial charge in [-0.15, -0.1) is 0 Å². The van der Waals surface area contributed by atoms with E-state index in [-0.39, 0.29) is 11.4 Å². The van der Waals surface area contributed by atoms with Crippen molar-refractivity contribution in [2.45, 2.75) is 4.90 Å². The van der Waals surface area contributed by atoms with Crippen molar-refractivity contribution in [2.75, 3.05) is 25.5 Å². The molecule has 0 saturated heterocycles. The molecule has 0 unspecified atom stereocenters. The van der Waals surface area contributed by atoms with Gasteiger partial charge in [-0.1, -0.05) is 24.3 Å². The van der Waals surface area contributed by atoms with Crippen LogP contribution in [0.1, 0.15) is 0 Å². The van der Waals surface area contributed by atoms with E-state index >= 15 is 0 Å². The Morgan fingerprint density at radius 2 is 1.74 bits per heavy atom. The first-order valence-corrected chi connectivity index (χ1v) is 7.43. The van der Waals surface area contributed by atoms with Crippen LogP contribution in [0.5, 0.6) is 0 Å². The van der Waals surface area contributed by atoms with E-state index in [4.69, 9.17) is 0 Å². The minimum atomic E-state index is -3.51. The van der Waals surface area contributed by atoms with Gasteiger partial charge < -0.3 is 4.90 Å². The second-order valence-electron chi connectivity index (χ2n) is 4.42. The molecule has 0 atom stereocenters. The first-order chi connectivity index (χ1) is 8.97. The first kappa shape index (κ1) is 13.8. The van der Waals surface area contributed by atoms with E-state index < -0.39 is 10.0 Å². The van der Waals surface area contributed by atoms with E-state index in [2.05, 4.69) is 11.6 Å². The lowest BCUT2D eigenvalue weighted by atomic mass is 10.1. The Kier molecular flexibility index (Phi) is 3.78. The first-order valence-electron chi connectivity index (χ1n) is 5.95. The maximum Gasteiger partial charge on any atom is 0.241 e. The molecular formula is C14H17N2O2S. The lowest BCUT2D eigenvalue weighted by molar-refractivity contribution is 0.586. The second-order valence-corrected chi connectivity index (χ2v) is 6.16. The van der Waals surface area contributed by atoms with Crippen LogP contribution in [-0.2, 0) is 10.0 Å². The fraction of sp³-hybridized carbons (Fsp3) is 0.214. The molecule has 101 valence electrons. The fourth-order valence-corrected chi connectivity index (χ4v) is 3.25. The van der Waals surface area contributed by atoms with Crippen LogP contribution in [0.25, 0.3) is 10.8 Å². The van der Waals surface area contributed by atoms with Crippen LogP contribution in [0.2, 0.25) is 0 Å². The summed E-state index contributed by atoms with van der Waals surface area (Å²) in [6.45, 7) is 3.65. The highest BCUT2D eigenvalue weighted by Gasteiger charge is 2.17. The van der Waals surface area contributed by atoms with Gasteiger partial charge in [-0.25, -0.2) is 13.1 Å². The summed E-state index contributed by atoms with van der Waals surface area (Å²) in [4.78, 5) is 2.26. The minimum Gasteiger partial charge on any atom is -0.377 e. The number of rotatable bonds is 4. The van der Waals surface area contributed by atoms with Gasteiger partial charge in [-0.05, 0) is 19.1 Å². The number of hydrogen-bond acceptors (Lipinski definition) is 3. The van der Waals surface area contributed by atoms with E-state index in [1.165, 1.54) is 0 Å². The van der Waals surface area contributed by atoms with E-state index in [0.717, 1.165) is 16.5 Å². The van der Waals surface area contributed by atoms with E-state index in [0.29, 0.717) is 0 Å². The molecule has 0 saturated carbocycles. The molecule has 19 heavy (non-hydrogen) atoms. The van der Waals surface area contributed by atoms with Gasteiger partial charge in [0.15, 0.2) is 0 Å². The van der Waals surface area contributed by atoms with Crippen molar-refractivity contribution in [1.82, 2.24) is 4.72 Å². The molecule has 4 nitrogen and oxygen atoms in total. The van der Waals surface area contributed by atoms with Gasteiger partial charge in [-0.3, -0.25) is 0 Å². The van der Waals surface area contributed by atoms with Crippen molar-refractivity contribution in [2.24, 2.45) is 0 Å². The third-order valence-electron chi connectivity index (χ3n) is 2.92. The molecule has 1 radical (unpaired) electrons. The Morgan fingerprint density at radius 1 is 1.11 bits per heavy atom. The maximum absolute atomic E-state index is 12.2. The van der Waals surface area contributed by atoms with Crippen LogP contribution >= 0.6 is 0 Å². The summed E-state index contributed by atoms with van der Waals surface area (Å²) in [6.07, 6.45) is 0. The molecular weight excluding hydrogens is 260 g/mol. The Labute approximate surface area is 114 Å². The van der Waals surface area contributed by atoms with Crippen molar-refractivity contribution in [3.05, 3.63) is 43.3 Å². The van der Waals surface area contributed by atoms with E-state index in [1.807, 2.05) is 43.3 Å². The van der Waals surface area contributed by atoms with Gasteiger partial charge in [0, 0.05) is 37.1 Å². The summed E-state index contributed by atoms with van der Waals surface area (Å²) >= 11 is 0. The van der Waals surface area contributed by atoms with Crippen LogP contribution in [0, 0.1) is 6.92 Å². The third-order valence-corrected chi connectivity index (χ3v) is 4.44. The van der Waals surface area contributed by atoms with Crippen molar-refractivity contribution in [3.63, 3.8) is 0 Å². The van der Waals surface area contributed by atoms with E-state index in [1.54, 1.807) is 12.1 Å². The molecule has 0 aliphatic heterocycles. The summed E-state index contributed by atoms with van der Waals surface area (Å²) in [5.41, 5.74) is 0.990. The van der Waals surface area contributed by atoms with Gasteiger partial charge >= 0.3 is 0 Å². The Hall–Kier alpha value is -1.59. The zero-order chi connectivity index (χ0) is 14.0. The number of nitrogens with zero attached hydrogens (tertiary/aromatic N) is 1. The van der Waals surface area contributed by atoms with Crippen molar-refractivity contribution < 1.29 is 8.42 Å². The van der Waals surface area contributed by atoms with Crippen LogP contribution in [-0.4, -0.2) is 29.1 Å². The van der Waals surface area contributed by atoms with Gasteiger partial charge in [0.25, 0.3) is 0 Å². The fourth-order valence-electron chi connectivity index (χ4n) is 2.10. The Morgan fingerprint density at radius 3 is 2.37 bits per heavy atom. The Bertz CT molecular complexity index is 694. The normalized spacial score (nSPS) is 11.7. The second kappa shape index (κ2) is 5.19. The summed E-state index contributed by atoms with van der Waals surface area (Å²) in [6, 6.07) is 10.9. The van der Waals surface area contributed by atoms with Gasteiger partial charge in [0.1, 0.15) is 0 Å². The lowest BCUT2D eigenvalue weighted by Gasteiger charge is -2.16. The Balaban J connectivity index is 2.75. The standard InChI is InChI=1S/C14H17N2O2S/c1-4-15-19(17,18)14-10-6-7-11-12(14)8-5-9-13(11)16(2)3/h5-10,15H,1,4H2,2-3H3. The monoisotopic (exact) mass is 277 g/mol. The average Bonchev–Trinajstić information content (AvgIpc) is 2.37. The molecule has 0 bridgehead atoms. The van der Waals surface area contributed by atoms with E-state index in [9.17, 15) is 8.42 Å². The molecule has 0 spiro atoms. The molecule has 1 N–H and O–H groups in total. The molecule has 0 aliphatic carbocycles. The molecule has 5 heteroatoms. The predicted octanol–water partition coefficient (Wildman–Crippen LogP) is 2.02. The topological polar surface area (TPSA) is 49.4 Å². The number of fused-ring (bicyclic) bond motifs is 1. The summed E-state index contributed by atoms with van der Waals surface area (Å²) in [5, 5.41) is 1.63. The number of anilines is 1.